The van der Waals surface area contributed by atoms with Crippen LogP contribution in [-0.2, 0) is 0 Å². The molecule has 2 aromatic heterocycles. The zero-order valence-electron chi connectivity index (χ0n) is 14.7. The largest absolute Gasteiger partial charge is 0.418 e. The van der Waals surface area contributed by atoms with Gasteiger partial charge in [-0.2, -0.15) is 5.10 Å². The van der Waals surface area contributed by atoms with Crippen LogP contribution >= 0.6 is 0 Å². The van der Waals surface area contributed by atoms with Gasteiger partial charge in [0.05, 0.1) is 11.1 Å². The van der Waals surface area contributed by atoms with Gasteiger partial charge in [0.25, 0.3) is 0 Å². The second kappa shape index (κ2) is 5.95. The lowest BCUT2D eigenvalue weighted by molar-refractivity contribution is 0.570. The molecular formula is C23H16N2O2. The molecule has 0 fully saturated rings. The third-order valence-corrected chi connectivity index (χ3v) is 4.76. The number of nitrogens with zero attached hydrogens (tertiary/aromatic N) is 2. The van der Waals surface area contributed by atoms with Crippen molar-refractivity contribution in [2.45, 2.75) is 6.92 Å². The van der Waals surface area contributed by atoms with Crippen LogP contribution in [0.15, 0.2) is 88.1 Å². The molecule has 0 aliphatic carbocycles. The molecule has 0 saturated heterocycles. The van der Waals surface area contributed by atoms with E-state index in [9.17, 15) is 4.79 Å². The Morgan fingerprint density at radius 1 is 0.815 bits per heavy atom. The first-order valence-electron chi connectivity index (χ1n) is 8.79. The summed E-state index contributed by atoms with van der Waals surface area (Å²) in [4.78, 5) is 12.6. The van der Waals surface area contributed by atoms with E-state index in [1.54, 1.807) is 6.07 Å². The molecule has 5 rings (SSSR count). The fourth-order valence-electron chi connectivity index (χ4n) is 3.41. The van der Waals surface area contributed by atoms with Gasteiger partial charge in [-0.1, -0.05) is 66.2 Å². The fraction of sp³-hybridized carbons (Fsp3) is 0.0435. The van der Waals surface area contributed by atoms with Gasteiger partial charge in [0.15, 0.2) is 5.58 Å². The maximum absolute atomic E-state index is 12.6. The molecule has 0 radical (unpaired) electrons. The van der Waals surface area contributed by atoms with Crippen molar-refractivity contribution in [2.75, 3.05) is 0 Å². The van der Waals surface area contributed by atoms with Crippen LogP contribution in [-0.4, -0.2) is 9.78 Å². The summed E-state index contributed by atoms with van der Waals surface area (Å²) in [6.45, 7) is 2.04. The molecule has 0 N–H and O–H groups in total. The van der Waals surface area contributed by atoms with Gasteiger partial charge in [-0.15, -0.1) is 0 Å². The maximum atomic E-state index is 12.6. The summed E-state index contributed by atoms with van der Waals surface area (Å²) in [5, 5.41) is 6.22. The van der Waals surface area contributed by atoms with Crippen molar-refractivity contribution < 1.29 is 4.42 Å². The average Bonchev–Trinajstić information content (AvgIpc) is 3.09. The van der Waals surface area contributed by atoms with Crippen molar-refractivity contribution in [1.29, 1.82) is 0 Å². The Morgan fingerprint density at radius 3 is 2.22 bits per heavy atom. The third-order valence-electron chi connectivity index (χ3n) is 4.76. The number of hydrogen-bond donors (Lipinski definition) is 0. The van der Waals surface area contributed by atoms with E-state index >= 15 is 0 Å². The van der Waals surface area contributed by atoms with Gasteiger partial charge in [0.2, 0.25) is 0 Å². The number of fused-ring (bicyclic) bond motifs is 3. The predicted molar refractivity (Wildman–Crippen MR) is 107 cm³/mol. The normalized spacial score (nSPS) is 11.3. The number of para-hydroxylation sites is 1. The van der Waals surface area contributed by atoms with Crippen molar-refractivity contribution in [3.8, 4) is 16.9 Å². The van der Waals surface area contributed by atoms with E-state index in [2.05, 4.69) is 0 Å². The fourth-order valence-corrected chi connectivity index (χ4v) is 3.41. The third kappa shape index (κ3) is 2.46. The lowest BCUT2D eigenvalue weighted by Gasteiger charge is -2.04. The topological polar surface area (TPSA) is 48.0 Å². The van der Waals surface area contributed by atoms with E-state index in [4.69, 9.17) is 9.52 Å². The first-order chi connectivity index (χ1) is 13.2. The highest BCUT2D eigenvalue weighted by Gasteiger charge is 2.20. The monoisotopic (exact) mass is 352 g/mol. The van der Waals surface area contributed by atoms with E-state index in [0.717, 1.165) is 27.7 Å². The SMILES string of the molecule is Cc1ccc(-c2nn(-c3ccccc3)c3c2oc(=O)c2ccccc23)cc1. The van der Waals surface area contributed by atoms with Crippen molar-refractivity contribution in [2.24, 2.45) is 0 Å². The van der Waals surface area contributed by atoms with Crippen molar-refractivity contribution in [3.63, 3.8) is 0 Å². The minimum atomic E-state index is -0.348. The Bertz CT molecular complexity index is 1330. The van der Waals surface area contributed by atoms with Crippen LogP contribution in [0.2, 0.25) is 0 Å². The standard InChI is InChI=1S/C23H16N2O2/c1-15-11-13-16(14-12-15)20-22-21(25(24-20)17-7-3-2-4-8-17)18-9-5-6-10-19(18)23(26)27-22/h2-14H,1H3. The molecule has 0 amide bonds. The molecule has 3 aromatic carbocycles. The molecule has 4 heteroatoms. The summed E-state index contributed by atoms with van der Waals surface area (Å²) in [5.41, 5.74) is 4.62. The maximum Gasteiger partial charge on any atom is 0.344 e. The summed E-state index contributed by atoms with van der Waals surface area (Å²) in [5.74, 6) is 0. The second-order valence-corrected chi connectivity index (χ2v) is 6.57. The summed E-state index contributed by atoms with van der Waals surface area (Å²) in [6.07, 6.45) is 0. The van der Waals surface area contributed by atoms with E-state index in [0.29, 0.717) is 16.7 Å². The number of aromatic nitrogens is 2. The van der Waals surface area contributed by atoms with E-state index in [1.807, 2.05) is 84.4 Å². The Morgan fingerprint density at radius 2 is 1.48 bits per heavy atom. The van der Waals surface area contributed by atoms with Crippen LogP contribution in [0, 0.1) is 6.92 Å². The van der Waals surface area contributed by atoms with Crippen LogP contribution in [0.4, 0.5) is 0 Å². The van der Waals surface area contributed by atoms with Gasteiger partial charge < -0.3 is 4.42 Å². The van der Waals surface area contributed by atoms with Gasteiger partial charge in [0, 0.05) is 10.9 Å². The van der Waals surface area contributed by atoms with Crippen LogP contribution < -0.4 is 5.63 Å². The van der Waals surface area contributed by atoms with E-state index in [1.165, 1.54) is 0 Å². The number of hydrogen-bond acceptors (Lipinski definition) is 3. The quantitative estimate of drug-likeness (QED) is 0.444. The summed E-state index contributed by atoms with van der Waals surface area (Å²) >= 11 is 0. The molecule has 0 saturated carbocycles. The van der Waals surface area contributed by atoms with Crippen LogP contribution in [0.25, 0.3) is 38.8 Å². The number of benzene rings is 3. The van der Waals surface area contributed by atoms with Gasteiger partial charge >= 0.3 is 5.63 Å². The average molecular weight is 352 g/mol. The molecule has 0 aliphatic rings. The molecular weight excluding hydrogens is 336 g/mol. The van der Waals surface area contributed by atoms with E-state index in [-0.39, 0.29) is 5.63 Å². The van der Waals surface area contributed by atoms with E-state index < -0.39 is 0 Å². The predicted octanol–water partition coefficient (Wildman–Crippen LogP) is 5.11. The Labute approximate surface area is 155 Å². The number of rotatable bonds is 2. The van der Waals surface area contributed by atoms with Gasteiger partial charge in [-0.25, -0.2) is 9.48 Å². The molecule has 0 bridgehead atoms. The molecule has 0 spiro atoms. The smallest absolute Gasteiger partial charge is 0.344 e. The molecule has 0 unspecified atom stereocenters. The highest BCUT2D eigenvalue weighted by atomic mass is 16.4. The summed E-state index contributed by atoms with van der Waals surface area (Å²) < 4.78 is 7.61. The molecule has 27 heavy (non-hydrogen) atoms. The van der Waals surface area contributed by atoms with Crippen LogP contribution in [0.5, 0.6) is 0 Å². The van der Waals surface area contributed by atoms with Crippen molar-refractivity contribution in [1.82, 2.24) is 9.78 Å². The van der Waals surface area contributed by atoms with Gasteiger partial charge in [0.1, 0.15) is 11.2 Å². The molecule has 0 aliphatic heterocycles. The highest BCUT2D eigenvalue weighted by Crippen LogP contribution is 2.33. The van der Waals surface area contributed by atoms with Crippen LogP contribution in [0.1, 0.15) is 5.56 Å². The van der Waals surface area contributed by atoms with Crippen LogP contribution in [0.3, 0.4) is 0 Å². The van der Waals surface area contributed by atoms with Crippen molar-refractivity contribution >= 4 is 21.9 Å². The van der Waals surface area contributed by atoms with Crippen molar-refractivity contribution in [3.05, 3.63) is 94.8 Å². The molecule has 4 nitrogen and oxygen atoms in total. The van der Waals surface area contributed by atoms with Gasteiger partial charge in [-0.05, 0) is 25.1 Å². The summed E-state index contributed by atoms with van der Waals surface area (Å²) in [6, 6.07) is 25.4. The lowest BCUT2D eigenvalue weighted by Crippen LogP contribution is -2.01. The highest BCUT2D eigenvalue weighted by molar-refractivity contribution is 6.06. The molecule has 5 aromatic rings. The second-order valence-electron chi connectivity index (χ2n) is 6.57. The molecule has 130 valence electrons. The zero-order valence-corrected chi connectivity index (χ0v) is 14.7. The first kappa shape index (κ1) is 15.6. The molecule has 0 atom stereocenters. The Hall–Kier alpha value is -3.66. The number of aryl methyl sites for hydroxylation is 1. The minimum absolute atomic E-state index is 0.348. The zero-order chi connectivity index (χ0) is 18.4. The summed E-state index contributed by atoms with van der Waals surface area (Å²) in [7, 11) is 0. The minimum Gasteiger partial charge on any atom is -0.418 e. The Balaban J connectivity index is 1.95. The van der Waals surface area contributed by atoms with Gasteiger partial charge in [-0.3, -0.25) is 0 Å². The molecule has 2 heterocycles. The first-order valence-corrected chi connectivity index (χ1v) is 8.79. The Kier molecular flexibility index (Phi) is 3.44. The lowest BCUT2D eigenvalue weighted by atomic mass is 10.1.